The van der Waals surface area contributed by atoms with Gasteiger partial charge in [0.15, 0.2) is 11.6 Å². The number of imidazole rings is 1. The number of benzene rings is 1. The molecule has 3 nitrogen and oxygen atoms in total. The molecule has 3 rings (SSSR count). The zero-order chi connectivity index (χ0) is 14.1. The second kappa shape index (κ2) is 5.66. The summed E-state index contributed by atoms with van der Waals surface area (Å²) in [5.74, 6) is -1.05. The molecule has 1 atom stereocenters. The standard InChI is InChI=1S/C14H15ClF2N2O/c15-7-12-18-11-5-4-10(16)13(17)14(11)19(12)8-9-3-1-2-6-20-9/h4-5,9H,1-3,6-8H2. The molecule has 0 saturated carbocycles. The third kappa shape index (κ3) is 2.40. The van der Waals surface area contributed by atoms with Crippen molar-refractivity contribution in [3.05, 3.63) is 29.6 Å². The van der Waals surface area contributed by atoms with Gasteiger partial charge in [-0.15, -0.1) is 11.6 Å². The van der Waals surface area contributed by atoms with Crippen LogP contribution in [-0.2, 0) is 17.2 Å². The van der Waals surface area contributed by atoms with Gasteiger partial charge in [-0.2, -0.15) is 0 Å². The second-order valence-electron chi connectivity index (χ2n) is 4.99. The van der Waals surface area contributed by atoms with Gasteiger partial charge in [0, 0.05) is 6.61 Å². The van der Waals surface area contributed by atoms with Gasteiger partial charge in [0.1, 0.15) is 11.3 Å². The summed E-state index contributed by atoms with van der Waals surface area (Å²) >= 11 is 5.87. The summed E-state index contributed by atoms with van der Waals surface area (Å²) in [6.45, 7) is 1.17. The van der Waals surface area contributed by atoms with Gasteiger partial charge in [0.25, 0.3) is 0 Å². The van der Waals surface area contributed by atoms with Crippen LogP contribution in [0.3, 0.4) is 0 Å². The summed E-state index contributed by atoms with van der Waals surface area (Å²) in [5.41, 5.74) is 0.602. The molecule has 0 bridgehead atoms. The number of rotatable bonds is 3. The monoisotopic (exact) mass is 300 g/mol. The number of hydrogen-bond acceptors (Lipinski definition) is 2. The molecule has 1 aliphatic rings. The minimum atomic E-state index is -0.873. The molecule has 108 valence electrons. The van der Waals surface area contributed by atoms with Gasteiger partial charge in [-0.25, -0.2) is 13.8 Å². The van der Waals surface area contributed by atoms with Crippen molar-refractivity contribution in [1.82, 2.24) is 9.55 Å². The number of aromatic nitrogens is 2. The van der Waals surface area contributed by atoms with E-state index in [1.54, 1.807) is 4.57 Å². The zero-order valence-electron chi connectivity index (χ0n) is 10.9. The quantitative estimate of drug-likeness (QED) is 0.810. The molecule has 0 aliphatic carbocycles. The summed E-state index contributed by atoms with van der Waals surface area (Å²) in [6, 6.07) is 2.56. The predicted octanol–water partition coefficient (Wildman–Crippen LogP) is 3.62. The molecule has 1 fully saturated rings. The highest BCUT2D eigenvalue weighted by molar-refractivity contribution is 6.16. The average molecular weight is 301 g/mol. The number of fused-ring (bicyclic) bond motifs is 1. The molecule has 1 aromatic carbocycles. The lowest BCUT2D eigenvalue weighted by Gasteiger charge is -2.23. The predicted molar refractivity (Wildman–Crippen MR) is 72.8 cm³/mol. The minimum absolute atomic E-state index is 0.00536. The van der Waals surface area contributed by atoms with E-state index in [9.17, 15) is 8.78 Å². The van der Waals surface area contributed by atoms with Crippen LogP contribution in [0, 0.1) is 11.6 Å². The largest absolute Gasteiger partial charge is 0.376 e. The molecular formula is C14H15ClF2N2O. The molecule has 2 heterocycles. The summed E-state index contributed by atoms with van der Waals surface area (Å²) in [4.78, 5) is 4.27. The molecule has 2 aromatic rings. The number of nitrogens with zero attached hydrogens (tertiary/aromatic N) is 2. The fourth-order valence-electron chi connectivity index (χ4n) is 2.66. The molecule has 0 amide bonds. The van der Waals surface area contributed by atoms with Crippen LogP contribution in [0.25, 0.3) is 11.0 Å². The summed E-state index contributed by atoms with van der Waals surface area (Å²) < 4.78 is 34.8. The van der Waals surface area contributed by atoms with Crippen LogP contribution >= 0.6 is 11.6 Å². The van der Waals surface area contributed by atoms with Crippen molar-refractivity contribution in [1.29, 1.82) is 0 Å². The first-order valence-electron chi connectivity index (χ1n) is 6.71. The topological polar surface area (TPSA) is 27.1 Å². The lowest BCUT2D eigenvalue weighted by atomic mass is 10.1. The van der Waals surface area contributed by atoms with Gasteiger partial charge in [-0.1, -0.05) is 0 Å². The Bertz CT molecular complexity index is 623. The van der Waals surface area contributed by atoms with E-state index in [1.165, 1.54) is 6.07 Å². The molecule has 0 spiro atoms. The van der Waals surface area contributed by atoms with E-state index in [2.05, 4.69) is 4.98 Å². The third-order valence-electron chi connectivity index (χ3n) is 3.66. The Hall–Kier alpha value is -1.20. The number of hydrogen-bond donors (Lipinski definition) is 0. The summed E-state index contributed by atoms with van der Waals surface area (Å²) in [7, 11) is 0. The summed E-state index contributed by atoms with van der Waals surface area (Å²) in [5, 5.41) is 0. The molecule has 1 saturated heterocycles. The molecule has 1 aliphatic heterocycles. The van der Waals surface area contributed by atoms with Crippen LogP contribution < -0.4 is 0 Å². The fourth-order valence-corrected chi connectivity index (χ4v) is 2.86. The van der Waals surface area contributed by atoms with Gasteiger partial charge in [0.05, 0.1) is 24.0 Å². The van der Waals surface area contributed by atoms with Gasteiger partial charge in [-0.05, 0) is 31.4 Å². The Labute approximate surface area is 120 Å². The van der Waals surface area contributed by atoms with E-state index in [-0.39, 0.29) is 17.5 Å². The molecule has 1 unspecified atom stereocenters. The van der Waals surface area contributed by atoms with Crippen LogP contribution in [0.5, 0.6) is 0 Å². The van der Waals surface area contributed by atoms with Gasteiger partial charge < -0.3 is 9.30 Å². The molecular weight excluding hydrogens is 286 g/mol. The third-order valence-corrected chi connectivity index (χ3v) is 3.90. The second-order valence-corrected chi connectivity index (χ2v) is 5.26. The number of alkyl halides is 1. The average Bonchev–Trinajstić information content (AvgIpc) is 2.83. The first-order valence-corrected chi connectivity index (χ1v) is 7.25. The van der Waals surface area contributed by atoms with E-state index < -0.39 is 11.6 Å². The van der Waals surface area contributed by atoms with Crippen molar-refractivity contribution in [2.75, 3.05) is 6.61 Å². The maximum atomic E-state index is 14.0. The Morgan fingerprint density at radius 1 is 1.35 bits per heavy atom. The first kappa shape index (κ1) is 13.8. The first-order chi connectivity index (χ1) is 9.70. The molecule has 0 N–H and O–H groups in total. The van der Waals surface area contributed by atoms with E-state index in [1.807, 2.05) is 0 Å². The van der Waals surface area contributed by atoms with Crippen molar-refractivity contribution in [3.63, 3.8) is 0 Å². The molecule has 6 heteroatoms. The number of ether oxygens (including phenoxy) is 1. The van der Waals surface area contributed by atoms with E-state index in [0.29, 0.717) is 24.5 Å². The van der Waals surface area contributed by atoms with E-state index >= 15 is 0 Å². The van der Waals surface area contributed by atoms with Crippen molar-refractivity contribution in [3.8, 4) is 0 Å². The maximum Gasteiger partial charge on any atom is 0.184 e. The van der Waals surface area contributed by atoms with Crippen molar-refractivity contribution in [2.24, 2.45) is 0 Å². The van der Waals surface area contributed by atoms with Crippen molar-refractivity contribution < 1.29 is 13.5 Å². The zero-order valence-corrected chi connectivity index (χ0v) is 11.7. The smallest absolute Gasteiger partial charge is 0.184 e. The fraction of sp³-hybridized carbons (Fsp3) is 0.500. The van der Waals surface area contributed by atoms with Gasteiger partial charge >= 0.3 is 0 Å². The Morgan fingerprint density at radius 3 is 2.90 bits per heavy atom. The minimum Gasteiger partial charge on any atom is -0.376 e. The van der Waals surface area contributed by atoms with E-state index in [4.69, 9.17) is 16.3 Å². The molecule has 0 radical (unpaired) electrons. The SMILES string of the molecule is Fc1ccc2nc(CCl)n(CC3CCCCO3)c2c1F. The Balaban J connectivity index is 2.04. The van der Waals surface area contributed by atoms with Crippen LogP contribution in [0.2, 0.25) is 0 Å². The molecule has 20 heavy (non-hydrogen) atoms. The maximum absolute atomic E-state index is 14.0. The lowest BCUT2D eigenvalue weighted by Crippen LogP contribution is -2.25. The highest BCUT2D eigenvalue weighted by atomic mass is 35.5. The van der Waals surface area contributed by atoms with Gasteiger partial charge in [0.2, 0.25) is 0 Å². The number of halogens is 3. The van der Waals surface area contributed by atoms with Gasteiger partial charge in [-0.3, -0.25) is 0 Å². The van der Waals surface area contributed by atoms with Crippen LogP contribution in [0.1, 0.15) is 25.1 Å². The van der Waals surface area contributed by atoms with Crippen LogP contribution in [0.4, 0.5) is 8.78 Å². The Morgan fingerprint density at radius 2 is 2.20 bits per heavy atom. The highest BCUT2D eigenvalue weighted by Crippen LogP contribution is 2.25. The van der Waals surface area contributed by atoms with Crippen molar-refractivity contribution >= 4 is 22.6 Å². The lowest BCUT2D eigenvalue weighted by molar-refractivity contribution is 0.00620. The van der Waals surface area contributed by atoms with Crippen molar-refractivity contribution in [2.45, 2.75) is 37.8 Å². The molecule has 1 aromatic heterocycles. The normalized spacial score (nSPS) is 19.6. The summed E-state index contributed by atoms with van der Waals surface area (Å²) in [6.07, 6.45) is 3.06. The Kier molecular flexibility index (Phi) is 3.89. The highest BCUT2D eigenvalue weighted by Gasteiger charge is 2.21. The van der Waals surface area contributed by atoms with Crippen LogP contribution in [0.15, 0.2) is 12.1 Å². The van der Waals surface area contributed by atoms with E-state index in [0.717, 1.165) is 25.3 Å². The van der Waals surface area contributed by atoms with Crippen LogP contribution in [-0.4, -0.2) is 22.3 Å².